The van der Waals surface area contributed by atoms with E-state index in [-0.39, 0.29) is 11.3 Å². The highest BCUT2D eigenvalue weighted by Gasteiger charge is 2.61. The standard InChI is InChI=1S/C30H42N4O2/c1-29(2)22-30(29,25-6-4-3-5-7-25)23-32-26-12-15-34(16-13-26)27-10-8-24(9-11-27)28(35)31-14-17-33-18-20-36-21-19-33/h3-11,26,32H,12-23H2,1-2H3,(H,31,35)/t30-/m0/s1. The minimum absolute atomic E-state index is 0.00747. The number of carbonyl (C=O) groups excluding carboxylic acids is 1. The van der Waals surface area contributed by atoms with Crippen LogP contribution in [0, 0.1) is 5.41 Å². The number of hydrogen-bond acceptors (Lipinski definition) is 5. The second-order valence-corrected chi connectivity index (χ2v) is 11.4. The second-order valence-electron chi connectivity index (χ2n) is 11.4. The summed E-state index contributed by atoms with van der Waals surface area (Å²) in [5, 5.41) is 6.98. The van der Waals surface area contributed by atoms with Crippen LogP contribution in [0.2, 0.25) is 0 Å². The molecule has 2 aromatic rings. The van der Waals surface area contributed by atoms with Crippen molar-refractivity contribution in [1.29, 1.82) is 0 Å². The Kier molecular flexibility index (Phi) is 7.65. The van der Waals surface area contributed by atoms with Gasteiger partial charge >= 0.3 is 0 Å². The van der Waals surface area contributed by atoms with E-state index < -0.39 is 0 Å². The van der Waals surface area contributed by atoms with Crippen molar-refractivity contribution in [2.24, 2.45) is 5.41 Å². The molecule has 1 saturated carbocycles. The van der Waals surface area contributed by atoms with Crippen molar-refractivity contribution in [2.45, 2.75) is 44.6 Å². The highest BCUT2D eigenvalue weighted by atomic mass is 16.5. The van der Waals surface area contributed by atoms with Crippen molar-refractivity contribution in [2.75, 3.05) is 63.9 Å². The molecule has 1 aliphatic carbocycles. The normalized spacial score (nSPS) is 24.4. The average molecular weight is 491 g/mol. The number of amides is 1. The van der Waals surface area contributed by atoms with Gasteiger partial charge in [0.15, 0.2) is 0 Å². The van der Waals surface area contributed by atoms with Gasteiger partial charge in [-0.3, -0.25) is 9.69 Å². The highest BCUT2D eigenvalue weighted by Crippen LogP contribution is 2.63. The fraction of sp³-hybridized carbons (Fsp3) is 0.567. The number of morpholine rings is 1. The molecule has 6 nitrogen and oxygen atoms in total. The summed E-state index contributed by atoms with van der Waals surface area (Å²) < 4.78 is 5.38. The predicted molar refractivity (Wildman–Crippen MR) is 146 cm³/mol. The van der Waals surface area contributed by atoms with Crippen LogP contribution in [0.3, 0.4) is 0 Å². The summed E-state index contributed by atoms with van der Waals surface area (Å²) >= 11 is 0. The van der Waals surface area contributed by atoms with Crippen LogP contribution in [0.15, 0.2) is 54.6 Å². The van der Waals surface area contributed by atoms with E-state index in [1.807, 2.05) is 12.1 Å². The first-order valence-corrected chi connectivity index (χ1v) is 13.7. The van der Waals surface area contributed by atoms with Crippen LogP contribution in [0.4, 0.5) is 5.69 Å². The lowest BCUT2D eigenvalue weighted by molar-refractivity contribution is 0.0383. The number of hydrogen-bond donors (Lipinski definition) is 2. The molecule has 0 spiro atoms. The van der Waals surface area contributed by atoms with Gasteiger partial charge in [0, 0.05) is 68.5 Å². The van der Waals surface area contributed by atoms with Gasteiger partial charge < -0.3 is 20.3 Å². The molecule has 3 fully saturated rings. The lowest BCUT2D eigenvalue weighted by Gasteiger charge is -2.35. The Hall–Kier alpha value is -2.41. The summed E-state index contributed by atoms with van der Waals surface area (Å²) in [4.78, 5) is 17.3. The Labute approximate surface area is 216 Å². The molecule has 2 heterocycles. The molecule has 194 valence electrons. The first kappa shape index (κ1) is 25.2. The quantitative estimate of drug-likeness (QED) is 0.562. The van der Waals surface area contributed by atoms with Gasteiger partial charge in [0.1, 0.15) is 0 Å². The van der Waals surface area contributed by atoms with Gasteiger partial charge in [-0.15, -0.1) is 0 Å². The number of rotatable bonds is 9. The molecule has 5 rings (SSSR count). The maximum Gasteiger partial charge on any atom is 0.251 e. The Morgan fingerprint density at radius 2 is 1.64 bits per heavy atom. The summed E-state index contributed by atoms with van der Waals surface area (Å²) in [7, 11) is 0. The largest absolute Gasteiger partial charge is 0.379 e. The molecule has 0 bridgehead atoms. The van der Waals surface area contributed by atoms with Crippen molar-refractivity contribution < 1.29 is 9.53 Å². The number of anilines is 1. The van der Waals surface area contributed by atoms with E-state index in [1.165, 1.54) is 17.7 Å². The van der Waals surface area contributed by atoms with Crippen LogP contribution in [0.1, 0.15) is 49.0 Å². The Balaban J connectivity index is 1.06. The van der Waals surface area contributed by atoms with E-state index in [0.29, 0.717) is 18.0 Å². The molecule has 2 aromatic carbocycles. The fourth-order valence-electron chi connectivity index (χ4n) is 6.10. The summed E-state index contributed by atoms with van der Waals surface area (Å²) in [6.07, 6.45) is 3.55. The van der Waals surface area contributed by atoms with Crippen molar-refractivity contribution in [3.05, 3.63) is 65.7 Å². The van der Waals surface area contributed by atoms with Crippen LogP contribution in [-0.2, 0) is 10.2 Å². The SMILES string of the molecule is CC1(C)C[C@]1(CNC1CCN(c2ccc(C(=O)NCCN3CCOCC3)cc2)CC1)c1ccccc1. The summed E-state index contributed by atoms with van der Waals surface area (Å²) in [5.41, 5.74) is 4.05. The maximum absolute atomic E-state index is 12.5. The Morgan fingerprint density at radius 1 is 0.972 bits per heavy atom. The van der Waals surface area contributed by atoms with Crippen molar-refractivity contribution in [3.63, 3.8) is 0 Å². The zero-order valence-corrected chi connectivity index (χ0v) is 22.0. The molecule has 0 unspecified atom stereocenters. The molecular formula is C30H42N4O2. The summed E-state index contributed by atoms with van der Waals surface area (Å²) in [6, 6.07) is 19.7. The summed E-state index contributed by atoms with van der Waals surface area (Å²) in [6.45, 7) is 13.0. The van der Waals surface area contributed by atoms with Crippen LogP contribution >= 0.6 is 0 Å². The molecule has 2 saturated heterocycles. The van der Waals surface area contributed by atoms with E-state index in [1.54, 1.807) is 0 Å². The van der Waals surface area contributed by atoms with E-state index in [2.05, 4.69) is 76.7 Å². The first-order chi connectivity index (χ1) is 17.5. The fourth-order valence-corrected chi connectivity index (χ4v) is 6.10. The number of nitrogens with one attached hydrogen (secondary N) is 2. The van der Waals surface area contributed by atoms with E-state index in [0.717, 1.165) is 70.9 Å². The molecule has 6 heteroatoms. The van der Waals surface area contributed by atoms with Gasteiger partial charge in [0.25, 0.3) is 5.91 Å². The zero-order chi connectivity index (χ0) is 25.0. The van der Waals surface area contributed by atoms with Crippen LogP contribution < -0.4 is 15.5 Å². The number of piperidine rings is 1. The van der Waals surface area contributed by atoms with Crippen molar-refractivity contribution >= 4 is 11.6 Å². The second kappa shape index (κ2) is 10.9. The van der Waals surface area contributed by atoms with Crippen molar-refractivity contribution in [1.82, 2.24) is 15.5 Å². The average Bonchev–Trinajstić information content (AvgIpc) is 3.50. The Morgan fingerprint density at radius 3 is 2.28 bits per heavy atom. The number of carbonyl (C=O) groups is 1. The lowest BCUT2D eigenvalue weighted by Crippen LogP contribution is -2.45. The summed E-state index contributed by atoms with van der Waals surface area (Å²) in [5.74, 6) is 0.00747. The highest BCUT2D eigenvalue weighted by molar-refractivity contribution is 5.94. The van der Waals surface area contributed by atoms with Gasteiger partial charge in [-0.1, -0.05) is 44.2 Å². The van der Waals surface area contributed by atoms with Gasteiger partial charge in [0.05, 0.1) is 13.2 Å². The smallest absolute Gasteiger partial charge is 0.251 e. The van der Waals surface area contributed by atoms with Gasteiger partial charge in [-0.05, 0) is 54.5 Å². The molecule has 0 aromatic heterocycles. The molecular weight excluding hydrogens is 448 g/mol. The Bertz CT molecular complexity index is 995. The van der Waals surface area contributed by atoms with Gasteiger partial charge in [-0.25, -0.2) is 0 Å². The minimum Gasteiger partial charge on any atom is -0.379 e. The van der Waals surface area contributed by atoms with E-state index >= 15 is 0 Å². The van der Waals surface area contributed by atoms with Crippen molar-refractivity contribution in [3.8, 4) is 0 Å². The van der Waals surface area contributed by atoms with Gasteiger partial charge in [-0.2, -0.15) is 0 Å². The third-order valence-corrected chi connectivity index (χ3v) is 8.74. The lowest BCUT2D eigenvalue weighted by atomic mass is 9.87. The van der Waals surface area contributed by atoms with Crippen LogP contribution in [0.25, 0.3) is 0 Å². The third kappa shape index (κ3) is 5.61. The molecule has 1 atom stereocenters. The minimum atomic E-state index is 0.00747. The zero-order valence-electron chi connectivity index (χ0n) is 22.0. The number of nitrogens with zero attached hydrogens (tertiary/aromatic N) is 2. The van der Waals surface area contributed by atoms with Gasteiger partial charge in [0.2, 0.25) is 0 Å². The molecule has 1 amide bonds. The number of benzene rings is 2. The predicted octanol–water partition coefficient (Wildman–Crippen LogP) is 3.67. The van der Waals surface area contributed by atoms with E-state index in [4.69, 9.17) is 4.74 Å². The van der Waals surface area contributed by atoms with E-state index in [9.17, 15) is 4.79 Å². The third-order valence-electron chi connectivity index (χ3n) is 8.74. The monoisotopic (exact) mass is 490 g/mol. The maximum atomic E-state index is 12.5. The molecule has 2 aliphatic heterocycles. The molecule has 0 radical (unpaired) electrons. The first-order valence-electron chi connectivity index (χ1n) is 13.7. The number of ether oxygens (including phenoxy) is 1. The molecule has 3 aliphatic rings. The van der Waals surface area contributed by atoms with Crippen LogP contribution in [-0.4, -0.2) is 75.9 Å². The molecule has 2 N–H and O–H groups in total. The topological polar surface area (TPSA) is 56.8 Å². The van der Waals surface area contributed by atoms with Crippen LogP contribution in [0.5, 0.6) is 0 Å². The molecule has 36 heavy (non-hydrogen) atoms.